The Morgan fingerprint density at radius 3 is 2.53 bits per heavy atom. The third-order valence-corrected chi connectivity index (χ3v) is 3.14. The number of nitrogens with zero attached hydrogens (tertiary/aromatic N) is 1. The summed E-state index contributed by atoms with van der Waals surface area (Å²) in [5.41, 5.74) is 0.475. The zero-order valence-corrected chi connectivity index (χ0v) is 9.85. The Balaban J connectivity index is 2.19. The lowest BCUT2D eigenvalue weighted by Crippen LogP contribution is -2.40. The van der Waals surface area contributed by atoms with E-state index >= 15 is 0 Å². The predicted octanol–water partition coefficient (Wildman–Crippen LogP) is 2.03. The molecule has 2 rings (SSSR count). The van der Waals surface area contributed by atoms with E-state index in [1.807, 2.05) is 0 Å². The van der Waals surface area contributed by atoms with Crippen LogP contribution >= 0.6 is 11.6 Å². The number of carbonyl (C=O) groups excluding carboxylic acids is 1. The molecule has 90 valence electrons. The number of aliphatic carboxylic acids is 1. The number of amides is 1. The molecule has 0 unspecified atom stereocenters. The van der Waals surface area contributed by atoms with Crippen LogP contribution in [-0.4, -0.2) is 34.5 Å². The smallest absolute Gasteiger partial charge is 0.326 e. The lowest BCUT2D eigenvalue weighted by atomic mass is 10.1. The first-order valence-corrected chi connectivity index (χ1v) is 5.77. The highest BCUT2D eigenvalue weighted by Crippen LogP contribution is 2.21. The summed E-state index contributed by atoms with van der Waals surface area (Å²) in [5, 5.41) is 9.56. The Labute approximate surface area is 104 Å². The van der Waals surface area contributed by atoms with Crippen molar-refractivity contribution in [2.45, 2.75) is 18.9 Å². The fraction of sp³-hybridized carbons (Fsp3) is 0.333. The van der Waals surface area contributed by atoms with Crippen molar-refractivity contribution in [1.82, 2.24) is 4.90 Å². The highest BCUT2D eigenvalue weighted by atomic mass is 35.5. The van der Waals surface area contributed by atoms with Crippen molar-refractivity contribution in [2.75, 3.05) is 6.54 Å². The van der Waals surface area contributed by atoms with Crippen LogP contribution in [0.25, 0.3) is 0 Å². The van der Waals surface area contributed by atoms with Crippen LogP contribution in [-0.2, 0) is 4.79 Å². The average Bonchev–Trinajstić information content (AvgIpc) is 2.78. The van der Waals surface area contributed by atoms with E-state index in [0.717, 1.165) is 6.42 Å². The molecule has 0 spiro atoms. The van der Waals surface area contributed by atoms with E-state index in [2.05, 4.69) is 0 Å². The number of benzene rings is 1. The van der Waals surface area contributed by atoms with E-state index < -0.39 is 12.0 Å². The summed E-state index contributed by atoms with van der Waals surface area (Å²) in [4.78, 5) is 24.5. The second kappa shape index (κ2) is 4.75. The Kier molecular flexibility index (Phi) is 3.33. The molecule has 1 fully saturated rings. The van der Waals surface area contributed by atoms with E-state index in [4.69, 9.17) is 16.7 Å². The number of carboxylic acids is 1. The summed E-state index contributed by atoms with van der Waals surface area (Å²) in [7, 11) is 0. The van der Waals surface area contributed by atoms with Crippen LogP contribution < -0.4 is 0 Å². The Morgan fingerprint density at radius 1 is 1.29 bits per heavy atom. The second-order valence-corrected chi connectivity index (χ2v) is 4.44. The molecule has 1 heterocycles. The summed E-state index contributed by atoms with van der Waals surface area (Å²) >= 11 is 5.74. The maximum absolute atomic E-state index is 12.1. The van der Waals surface area contributed by atoms with Crippen LogP contribution in [0, 0.1) is 0 Å². The average molecular weight is 254 g/mol. The van der Waals surface area contributed by atoms with Gasteiger partial charge in [0.2, 0.25) is 0 Å². The van der Waals surface area contributed by atoms with Gasteiger partial charge >= 0.3 is 5.97 Å². The molecule has 0 saturated carbocycles. The van der Waals surface area contributed by atoms with Gasteiger partial charge in [-0.3, -0.25) is 4.79 Å². The van der Waals surface area contributed by atoms with Crippen molar-refractivity contribution < 1.29 is 14.7 Å². The molecule has 1 aliphatic rings. The quantitative estimate of drug-likeness (QED) is 0.877. The van der Waals surface area contributed by atoms with Crippen molar-refractivity contribution in [3.63, 3.8) is 0 Å². The van der Waals surface area contributed by atoms with Crippen molar-refractivity contribution >= 4 is 23.5 Å². The van der Waals surface area contributed by atoms with Crippen molar-refractivity contribution in [1.29, 1.82) is 0 Å². The third kappa shape index (κ3) is 2.42. The Morgan fingerprint density at radius 2 is 1.94 bits per heavy atom. The number of likely N-dealkylation sites (tertiary alicyclic amines) is 1. The molecule has 1 saturated heterocycles. The van der Waals surface area contributed by atoms with Gasteiger partial charge in [0.15, 0.2) is 0 Å². The molecule has 0 aliphatic carbocycles. The zero-order valence-electron chi connectivity index (χ0n) is 9.10. The number of hydrogen-bond donors (Lipinski definition) is 1. The van der Waals surface area contributed by atoms with Gasteiger partial charge in [-0.05, 0) is 37.1 Å². The fourth-order valence-corrected chi connectivity index (χ4v) is 2.15. The van der Waals surface area contributed by atoms with Gasteiger partial charge in [-0.15, -0.1) is 0 Å². The molecule has 0 radical (unpaired) electrons. The maximum atomic E-state index is 12.1. The highest BCUT2D eigenvalue weighted by Gasteiger charge is 2.34. The van der Waals surface area contributed by atoms with Gasteiger partial charge in [0.25, 0.3) is 5.91 Å². The predicted molar refractivity (Wildman–Crippen MR) is 63.1 cm³/mol. The molecule has 1 atom stereocenters. The normalized spacial score (nSPS) is 19.4. The molecule has 1 N–H and O–H groups in total. The van der Waals surface area contributed by atoms with Gasteiger partial charge < -0.3 is 10.0 Å². The minimum Gasteiger partial charge on any atom is -0.480 e. The molecule has 5 heteroatoms. The first kappa shape index (κ1) is 11.9. The largest absolute Gasteiger partial charge is 0.480 e. The molecule has 1 amide bonds. The van der Waals surface area contributed by atoms with Crippen molar-refractivity contribution in [2.24, 2.45) is 0 Å². The standard InChI is InChI=1S/C12H12ClNO3/c13-9-5-3-8(4-6-9)11(15)14-7-1-2-10(14)12(16)17/h3-6,10H,1-2,7H2,(H,16,17)/t10-/m0/s1. The third-order valence-electron chi connectivity index (χ3n) is 2.89. The van der Waals surface area contributed by atoms with Crippen LogP contribution in [0.5, 0.6) is 0 Å². The molecule has 0 bridgehead atoms. The monoisotopic (exact) mass is 253 g/mol. The van der Waals surface area contributed by atoms with E-state index in [1.165, 1.54) is 4.90 Å². The SMILES string of the molecule is O=C(O)[C@@H]1CCCN1C(=O)c1ccc(Cl)cc1. The number of hydrogen-bond acceptors (Lipinski definition) is 2. The zero-order chi connectivity index (χ0) is 12.4. The maximum Gasteiger partial charge on any atom is 0.326 e. The summed E-state index contributed by atoms with van der Waals surface area (Å²) in [5.74, 6) is -1.18. The van der Waals surface area contributed by atoms with Gasteiger partial charge in [0.05, 0.1) is 0 Å². The Hall–Kier alpha value is -1.55. The van der Waals surface area contributed by atoms with Crippen molar-refractivity contribution in [3.05, 3.63) is 34.9 Å². The van der Waals surface area contributed by atoms with E-state index in [-0.39, 0.29) is 5.91 Å². The lowest BCUT2D eigenvalue weighted by molar-refractivity contribution is -0.141. The van der Waals surface area contributed by atoms with Gasteiger partial charge in [-0.25, -0.2) is 4.79 Å². The van der Waals surface area contributed by atoms with Crippen LogP contribution in [0.4, 0.5) is 0 Å². The number of carboxylic acid groups (broad SMARTS) is 1. The fourth-order valence-electron chi connectivity index (χ4n) is 2.02. The number of halogens is 1. The van der Waals surface area contributed by atoms with Crippen LogP contribution in [0.3, 0.4) is 0 Å². The van der Waals surface area contributed by atoms with E-state index in [0.29, 0.717) is 23.6 Å². The minimum atomic E-state index is -0.940. The highest BCUT2D eigenvalue weighted by molar-refractivity contribution is 6.30. The summed E-state index contributed by atoms with van der Waals surface area (Å²) in [6.45, 7) is 0.498. The van der Waals surface area contributed by atoms with Gasteiger partial charge in [0.1, 0.15) is 6.04 Å². The molecule has 1 aromatic rings. The van der Waals surface area contributed by atoms with Crippen LogP contribution in [0.2, 0.25) is 5.02 Å². The lowest BCUT2D eigenvalue weighted by Gasteiger charge is -2.21. The summed E-state index contributed by atoms with van der Waals surface area (Å²) < 4.78 is 0. The number of carbonyl (C=O) groups is 2. The molecule has 4 nitrogen and oxygen atoms in total. The first-order chi connectivity index (χ1) is 8.09. The molecule has 1 aromatic carbocycles. The summed E-state index contributed by atoms with van der Waals surface area (Å²) in [6, 6.07) is 5.78. The topological polar surface area (TPSA) is 57.6 Å². The van der Waals surface area contributed by atoms with E-state index in [9.17, 15) is 9.59 Å². The molecule has 1 aliphatic heterocycles. The molecular formula is C12H12ClNO3. The van der Waals surface area contributed by atoms with Crippen LogP contribution in [0.15, 0.2) is 24.3 Å². The molecule has 0 aromatic heterocycles. The van der Waals surface area contributed by atoms with Gasteiger partial charge in [0, 0.05) is 17.1 Å². The first-order valence-electron chi connectivity index (χ1n) is 5.39. The molecule has 17 heavy (non-hydrogen) atoms. The Bertz CT molecular complexity index is 444. The number of rotatable bonds is 2. The van der Waals surface area contributed by atoms with Crippen LogP contribution in [0.1, 0.15) is 23.2 Å². The minimum absolute atomic E-state index is 0.244. The second-order valence-electron chi connectivity index (χ2n) is 4.00. The van der Waals surface area contributed by atoms with Crippen molar-refractivity contribution in [3.8, 4) is 0 Å². The van der Waals surface area contributed by atoms with Gasteiger partial charge in [-0.1, -0.05) is 11.6 Å². The van der Waals surface area contributed by atoms with Gasteiger partial charge in [-0.2, -0.15) is 0 Å². The molecular weight excluding hydrogens is 242 g/mol. The van der Waals surface area contributed by atoms with E-state index in [1.54, 1.807) is 24.3 Å². The summed E-state index contributed by atoms with van der Waals surface area (Å²) in [6.07, 6.45) is 1.25.